The lowest BCUT2D eigenvalue weighted by Gasteiger charge is -2.02. The number of hydrogen-bond donors (Lipinski definition) is 1. The summed E-state index contributed by atoms with van der Waals surface area (Å²) in [4.78, 5) is 0.809. The van der Waals surface area contributed by atoms with Crippen LogP contribution in [0.5, 0.6) is 5.75 Å². The number of hydrogen-bond acceptors (Lipinski definition) is 5. The van der Waals surface area contributed by atoms with Gasteiger partial charge in [-0.1, -0.05) is 0 Å². The highest BCUT2D eigenvalue weighted by Gasteiger charge is 2.04. The SMILES string of the molecule is Cc1cs/c(=N\N=C/c2ccc(O)cc2)n1Cc1ccco1. The van der Waals surface area contributed by atoms with Crippen molar-refractivity contribution in [3.63, 3.8) is 0 Å². The molecule has 2 aromatic heterocycles. The molecule has 6 heteroatoms. The fourth-order valence-electron chi connectivity index (χ4n) is 1.95. The van der Waals surface area contributed by atoms with Crippen LogP contribution in [0.1, 0.15) is 17.0 Å². The molecule has 5 nitrogen and oxygen atoms in total. The molecule has 112 valence electrons. The third-order valence-corrected chi connectivity index (χ3v) is 4.10. The maximum atomic E-state index is 9.24. The fourth-order valence-corrected chi connectivity index (χ4v) is 2.78. The summed E-state index contributed by atoms with van der Waals surface area (Å²) in [6, 6.07) is 10.6. The monoisotopic (exact) mass is 313 g/mol. The van der Waals surface area contributed by atoms with Crippen molar-refractivity contribution in [2.45, 2.75) is 13.5 Å². The Morgan fingerprint density at radius 3 is 2.82 bits per heavy atom. The first-order valence-corrected chi connectivity index (χ1v) is 7.64. The quantitative estimate of drug-likeness (QED) is 0.594. The van der Waals surface area contributed by atoms with Gasteiger partial charge in [0.2, 0.25) is 4.80 Å². The van der Waals surface area contributed by atoms with Crippen LogP contribution in [-0.2, 0) is 6.54 Å². The van der Waals surface area contributed by atoms with Gasteiger partial charge in [-0.3, -0.25) is 0 Å². The number of benzene rings is 1. The smallest absolute Gasteiger partial charge is 0.211 e. The molecule has 0 aliphatic rings. The zero-order valence-corrected chi connectivity index (χ0v) is 12.8. The normalized spacial score (nSPS) is 12.3. The maximum Gasteiger partial charge on any atom is 0.211 e. The minimum atomic E-state index is 0.235. The molecule has 0 saturated heterocycles. The lowest BCUT2D eigenvalue weighted by atomic mass is 10.2. The standard InChI is InChI=1S/C16H15N3O2S/c1-12-11-22-16(19(12)10-15-3-2-8-21-15)18-17-9-13-4-6-14(20)7-5-13/h2-9,11,20H,10H2,1H3/b17-9-,18-16-. The molecule has 3 rings (SSSR count). The third-order valence-electron chi connectivity index (χ3n) is 3.13. The van der Waals surface area contributed by atoms with Gasteiger partial charge in [0.1, 0.15) is 11.5 Å². The zero-order chi connectivity index (χ0) is 15.4. The predicted molar refractivity (Wildman–Crippen MR) is 86.1 cm³/mol. The summed E-state index contributed by atoms with van der Waals surface area (Å²) in [5, 5.41) is 19.7. The van der Waals surface area contributed by atoms with Gasteiger partial charge in [-0.15, -0.1) is 16.4 Å². The first-order valence-electron chi connectivity index (χ1n) is 6.76. The van der Waals surface area contributed by atoms with Crippen molar-refractivity contribution in [3.05, 3.63) is 69.9 Å². The zero-order valence-electron chi connectivity index (χ0n) is 12.0. The van der Waals surface area contributed by atoms with Gasteiger partial charge in [-0.05, 0) is 48.9 Å². The molecule has 22 heavy (non-hydrogen) atoms. The summed E-state index contributed by atoms with van der Waals surface area (Å²) in [7, 11) is 0. The van der Waals surface area contributed by atoms with Gasteiger partial charge in [0.15, 0.2) is 0 Å². The molecule has 0 aliphatic heterocycles. The van der Waals surface area contributed by atoms with Gasteiger partial charge in [-0.2, -0.15) is 5.10 Å². The van der Waals surface area contributed by atoms with Crippen molar-refractivity contribution in [2.75, 3.05) is 0 Å². The Balaban J connectivity index is 1.83. The van der Waals surface area contributed by atoms with E-state index in [-0.39, 0.29) is 5.75 Å². The van der Waals surface area contributed by atoms with E-state index < -0.39 is 0 Å². The van der Waals surface area contributed by atoms with Crippen LogP contribution in [0.4, 0.5) is 0 Å². The number of furan rings is 1. The molecule has 0 spiro atoms. The van der Waals surface area contributed by atoms with Crippen molar-refractivity contribution in [1.82, 2.24) is 4.57 Å². The Labute approximate surface area is 131 Å². The Kier molecular flexibility index (Phi) is 4.20. The van der Waals surface area contributed by atoms with Crippen LogP contribution in [0.25, 0.3) is 0 Å². The molecular formula is C16H15N3O2S. The fraction of sp³-hybridized carbons (Fsp3) is 0.125. The average molecular weight is 313 g/mol. The molecule has 3 aromatic rings. The Morgan fingerprint density at radius 2 is 2.09 bits per heavy atom. The van der Waals surface area contributed by atoms with Crippen molar-refractivity contribution >= 4 is 17.6 Å². The summed E-state index contributed by atoms with van der Waals surface area (Å²) in [5.41, 5.74) is 1.99. The second kappa shape index (κ2) is 6.44. The summed E-state index contributed by atoms with van der Waals surface area (Å²) in [6.45, 7) is 2.66. The van der Waals surface area contributed by atoms with Crippen LogP contribution in [0, 0.1) is 6.92 Å². The summed E-state index contributed by atoms with van der Waals surface area (Å²) < 4.78 is 7.44. The van der Waals surface area contributed by atoms with E-state index >= 15 is 0 Å². The van der Waals surface area contributed by atoms with Gasteiger partial charge in [-0.25, -0.2) is 0 Å². The lowest BCUT2D eigenvalue weighted by Crippen LogP contribution is -2.16. The van der Waals surface area contributed by atoms with E-state index in [1.54, 1.807) is 36.7 Å². The molecular weight excluding hydrogens is 298 g/mol. The third kappa shape index (κ3) is 3.35. The summed E-state index contributed by atoms with van der Waals surface area (Å²) in [6.07, 6.45) is 3.32. The van der Waals surface area contributed by atoms with E-state index in [0.717, 1.165) is 21.8 Å². The summed E-state index contributed by atoms with van der Waals surface area (Å²) >= 11 is 1.54. The van der Waals surface area contributed by atoms with Crippen LogP contribution in [0.2, 0.25) is 0 Å². The molecule has 0 bridgehead atoms. The van der Waals surface area contributed by atoms with Crippen LogP contribution in [0.15, 0.2) is 62.7 Å². The minimum Gasteiger partial charge on any atom is -0.508 e. The predicted octanol–water partition coefficient (Wildman–Crippen LogP) is 3.14. The summed E-state index contributed by atoms with van der Waals surface area (Å²) in [5.74, 6) is 1.12. The second-order valence-corrected chi connectivity index (χ2v) is 5.60. The Morgan fingerprint density at radius 1 is 1.27 bits per heavy atom. The topological polar surface area (TPSA) is 63.0 Å². The van der Waals surface area contributed by atoms with Crippen LogP contribution in [-0.4, -0.2) is 15.9 Å². The number of nitrogens with zero attached hydrogens (tertiary/aromatic N) is 3. The van der Waals surface area contributed by atoms with Crippen LogP contribution in [0.3, 0.4) is 0 Å². The van der Waals surface area contributed by atoms with Crippen LogP contribution < -0.4 is 4.80 Å². The second-order valence-electron chi connectivity index (χ2n) is 4.76. The van der Waals surface area contributed by atoms with Crippen molar-refractivity contribution in [1.29, 1.82) is 0 Å². The molecule has 1 N–H and O–H groups in total. The number of rotatable bonds is 4. The first kappa shape index (κ1) is 14.3. The van der Waals surface area contributed by atoms with E-state index in [9.17, 15) is 5.11 Å². The molecule has 0 amide bonds. The Hall–Kier alpha value is -2.60. The lowest BCUT2D eigenvalue weighted by molar-refractivity contribution is 0.475. The van der Waals surface area contributed by atoms with E-state index in [4.69, 9.17) is 4.42 Å². The van der Waals surface area contributed by atoms with E-state index in [1.807, 2.05) is 24.4 Å². The number of thiazole rings is 1. The first-order chi connectivity index (χ1) is 10.7. The number of aromatic hydroxyl groups is 1. The highest BCUT2D eigenvalue weighted by Crippen LogP contribution is 2.08. The number of aryl methyl sites for hydroxylation is 1. The van der Waals surface area contributed by atoms with E-state index in [1.165, 1.54) is 11.3 Å². The van der Waals surface area contributed by atoms with Crippen LogP contribution >= 0.6 is 11.3 Å². The molecule has 0 atom stereocenters. The molecule has 0 unspecified atom stereocenters. The molecule has 2 heterocycles. The van der Waals surface area contributed by atoms with Gasteiger partial charge in [0.05, 0.1) is 19.0 Å². The number of phenolic OH excluding ortho intramolecular Hbond substituents is 1. The Bertz CT molecular complexity index is 827. The minimum absolute atomic E-state index is 0.235. The van der Waals surface area contributed by atoms with Gasteiger partial charge in [0.25, 0.3) is 0 Å². The van der Waals surface area contributed by atoms with Gasteiger partial charge >= 0.3 is 0 Å². The largest absolute Gasteiger partial charge is 0.508 e. The highest BCUT2D eigenvalue weighted by molar-refractivity contribution is 7.07. The number of phenols is 1. The van der Waals surface area contributed by atoms with E-state index in [2.05, 4.69) is 14.8 Å². The number of aromatic nitrogens is 1. The average Bonchev–Trinajstić information content (AvgIpc) is 3.14. The maximum absolute atomic E-state index is 9.24. The van der Waals surface area contributed by atoms with Gasteiger partial charge in [0, 0.05) is 11.1 Å². The van der Waals surface area contributed by atoms with E-state index in [0.29, 0.717) is 6.54 Å². The molecule has 1 aromatic carbocycles. The van der Waals surface area contributed by atoms with Crippen molar-refractivity contribution < 1.29 is 9.52 Å². The molecule has 0 aliphatic carbocycles. The molecule has 0 saturated carbocycles. The van der Waals surface area contributed by atoms with Crippen molar-refractivity contribution in [2.24, 2.45) is 10.2 Å². The van der Waals surface area contributed by atoms with Crippen molar-refractivity contribution in [3.8, 4) is 5.75 Å². The molecule has 0 fully saturated rings. The highest BCUT2D eigenvalue weighted by atomic mass is 32.1. The molecule has 0 radical (unpaired) electrons. The van der Waals surface area contributed by atoms with Gasteiger partial charge < -0.3 is 14.1 Å².